The van der Waals surface area contributed by atoms with Gasteiger partial charge in [0, 0.05) is 26.4 Å². The molecule has 0 saturated carbocycles. The van der Waals surface area contributed by atoms with E-state index in [0.717, 1.165) is 74.0 Å². The van der Waals surface area contributed by atoms with Gasteiger partial charge in [-0.3, -0.25) is 0 Å². The maximum absolute atomic E-state index is 12.7. The van der Waals surface area contributed by atoms with E-state index in [9.17, 15) is 19.6 Å². The Morgan fingerprint density at radius 1 is 0.240 bits per heavy atom. The van der Waals surface area contributed by atoms with E-state index in [-0.39, 0.29) is 26.4 Å². The topological polar surface area (TPSA) is 160 Å². The summed E-state index contributed by atoms with van der Waals surface area (Å²) in [4.78, 5) is 46.2. The largest absolute Gasteiger partial charge is 0.606 e. The first-order valence-electron chi connectivity index (χ1n) is 44.8. The number of phosphoric ester groups is 2. The van der Waals surface area contributed by atoms with Gasteiger partial charge in [0.1, 0.15) is 51.7 Å². The first-order chi connectivity index (χ1) is 49.6. The second-order valence-electron chi connectivity index (χ2n) is 36.5. The van der Waals surface area contributed by atoms with Crippen LogP contribution in [0.2, 0.25) is 0 Å². The molecule has 104 heavy (non-hydrogen) atoms. The maximum atomic E-state index is 12.7. The summed E-state index contributed by atoms with van der Waals surface area (Å²) in [5.74, 6) is 6.15. The van der Waals surface area contributed by atoms with Gasteiger partial charge >= 0.3 is 16.3 Å². The summed E-state index contributed by atoms with van der Waals surface area (Å²) in [6.07, 6.45) is 64.9. The molecule has 0 aromatic heterocycles. The third-order valence-corrected chi connectivity index (χ3v) is 23.7. The average Bonchev–Trinajstić information content (AvgIpc) is 0.916. The fourth-order valence-electron chi connectivity index (χ4n) is 14.1. The third kappa shape index (κ3) is 79.0. The van der Waals surface area contributed by atoms with E-state index >= 15 is 0 Å². The van der Waals surface area contributed by atoms with E-state index in [4.69, 9.17) is 37.0 Å². The second-order valence-corrected chi connectivity index (χ2v) is 39.5. The summed E-state index contributed by atoms with van der Waals surface area (Å²) in [5.41, 5.74) is 0. The smallest absolute Gasteiger partial charge is 0.377 e. The van der Waals surface area contributed by atoms with Crippen molar-refractivity contribution < 1.29 is 65.6 Å². The molecule has 14 nitrogen and oxygen atoms in total. The number of hydrogen-bond acceptors (Lipinski definition) is 12. The van der Waals surface area contributed by atoms with Crippen LogP contribution >= 0.6 is 16.3 Å². The van der Waals surface area contributed by atoms with Gasteiger partial charge in [0.2, 0.25) is 0 Å². The first kappa shape index (κ1) is 104. The lowest BCUT2D eigenvalue weighted by atomic mass is 9.91. The molecule has 0 spiro atoms. The molecule has 0 radical (unpaired) electrons. The Morgan fingerprint density at radius 2 is 0.442 bits per heavy atom. The van der Waals surface area contributed by atoms with Crippen LogP contribution in [0.3, 0.4) is 0 Å². The Labute approximate surface area is 649 Å². The average molecular weight is 1520 g/mol. The van der Waals surface area contributed by atoms with Gasteiger partial charge in [-0.15, -0.1) is 0 Å². The summed E-state index contributed by atoms with van der Waals surface area (Å²) >= 11 is 0. The van der Waals surface area contributed by atoms with E-state index in [1.807, 2.05) is 42.3 Å². The van der Waals surface area contributed by atoms with Crippen molar-refractivity contribution in [3.05, 3.63) is 0 Å². The molecule has 10 unspecified atom stereocenters. The van der Waals surface area contributed by atoms with E-state index in [1.165, 1.54) is 283 Å². The van der Waals surface area contributed by atoms with E-state index in [0.29, 0.717) is 73.5 Å². The highest BCUT2D eigenvalue weighted by Gasteiger charge is 2.32. The van der Waals surface area contributed by atoms with Crippen molar-refractivity contribution in [3.8, 4) is 0 Å². The maximum Gasteiger partial charge on any atom is 0.377 e. The third-order valence-electron chi connectivity index (χ3n) is 21.8. The minimum absolute atomic E-state index is 0.0238. The monoisotopic (exact) mass is 1520 g/mol. The predicted octanol–water partition coefficient (Wildman–Crippen LogP) is 24.0. The molecule has 10 atom stereocenters. The molecular weight excluding hydrogens is 1340 g/mol. The normalized spacial score (nSPS) is 16.1. The number of ether oxygens (including phenoxy) is 4. The molecule has 2 N–H and O–H groups in total. The molecule has 0 amide bonds. The van der Waals surface area contributed by atoms with Crippen molar-refractivity contribution in [2.45, 2.75) is 402 Å². The highest BCUT2D eigenvalue weighted by molar-refractivity contribution is 7.53. The van der Waals surface area contributed by atoms with Crippen LogP contribution in [0, 0.1) is 47.3 Å². The van der Waals surface area contributed by atoms with Crippen molar-refractivity contribution in [1.82, 2.24) is 0 Å². The van der Waals surface area contributed by atoms with Gasteiger partial charge in [0.15, 0.2) is 0 Å². The molecule has 0 aromatic rings. The zero-order valence-electron chi connectivity index (χ0n) is 72.4. The number of quaternary nitrogens is 2. The van der Waals surface area contributed by atoms with Crippen LogP contribution < -0.4 is 9.79 Å². The highest BCUT2D eigenvalue weighted by atomic mass is 31.2. The number of unbranched alkanes of at least 4 members (excludes halogenated alkanes) is 29. The van der Waals surface area contributed by atoms with Crippen LogP contribution in [0.1, 0.15) is 390 Å². The lowest BCUT2D eigenvalue weighted by molar-refractivity contribution is -0.870. The zero-order chi connectivity index (χ0) is 77.3. The summed E-state index contributed by atoms with van der Waals surface area (Å²) in [6.45, 7) is 28.4. The fourth-order valence-corrected chi connectivity index (χ4v) is 15.6. The molecule has 0 bridgehead atoms. The standard InChI is InChI=1S/C88H182N2O12P2/c1-79(2)53-47-55-81(5)57-49-59-83(7)61-51-63-85(9)65-71-95-75-87(77-101-103(91,92)99-73-67-89(11,12)13)97-69-45-43-41-39-37-35-33-31-29-27-25-23-21-19-17-18-20-22-24-26-28-30-32-34-36-38-40-42-44-46-70-98-88(78-102-104(93,94)100-74-68-90(14,15)16)76-96-72-66-86(10)64-52-62-84(8)60-50-58-82(6)56-48-54-80(3)4/h79-88H,17-78H2,1-16H3/p+2. The minimum Gasteiger partial charge on any atom is -0.606 e. The second kappa shape index (κ2) is 70.0. The minimum atomic E-state index is -4.18. The van der Waals surface area contributed by atoms with Gasteiger partial charge < -0.3 is 37.7 Å². The Morgan fingerprint density at radius 3 is 0.654 bits per heavy atom. The molecule has 0 fully saturated rings. The molecule has 626 valence electrons. The highest BCUT2D eigenvalue weighted by Crippen LogP contribution is 2.48. The SMILES string of the molecule is CC(C)CCCC(C)CCCC(C)CCCC(C)CCOCC(CO[P+]([O-])(O)OCC[N+](C)(C)C)OCCCCCCCCCCCCCCCCCCCCCCCCCCCCCCCCOC(COCCC(C)CCCC(C)CCCC(C)CCCC(C)C)CO[P+]([O-])(O)OCC[N+](C)(C)C. The van der Waals surface area contributed by atoms with Crippen LogP contribution in [0.15, 0.2) is 0 Å². The Kier molecular flexibility index (Phi) is 70.2. The van der Waals surface area contributed by atoms with Crippen molar-refractivity contribution in [1.29, 1.82) is 0 Å². The van der Waals surface area contributed by atoms with Gasteiger partial charge in [-0.2, -0.15) is 27.9 Å². The summed E-state index contributed by atoms with van der Waals surface area (Å²) in [6, 6.07) is 0. The molecule has 0 aliphatic rings. The lowest BCUT2D eigenvalue weighted by Crippen LogP contribution is -2.38. The molecule has 0 aromatic carbocycles. The van der Waals surface area contributed by atoms with Crippen molar-refractivity contribution in [2.24, 2.45) is 47.3 Å². The van der Waals surface area contributed by atoms with Gasteiger partial charge in [-0.1, -0.05) is 365 Å². The number of rotatable bonds is 83. The molecule has 0 heterocycles. The van der Waals surface area contributed by atoms with E-state index < -0.39 is 28.5 Å². The summed E-state index contributed by atoms with van der Waals surface area (Å²) in [7, 11) is 3.78. The predicted molar refractivity (Wildman–Crippen MR) is 445 cm³/mol. The van der Waals surface area contributed by atoms with Crippen LogP contribution in [0.4, 0.5) is 0 Å². The zero-order valence-corrected chi connectivity index (χ0v) is 74.2. The number of hydrogen-bond donors (Lipinski definition) is 2. The van der Waals surface area contributed by atoms with Gasteiger partial charge in [0.25, 0.3) is 0 Å². The van der Waals surface area contributed by atoms with Crippen molar-refractivity contribution in [2.75, 3.05) is 121 Å². The Balaban J connectivity index is 4.06. The van der Waals surface area contributed by atoms with Gasteiger partial charge in [0.05, 0.1) is 55.5 Å². The van der Waals surface area contributed by atoms with Crippen LogP contribution in [0.5, 0.6) is 0 Å². The van der Waals surface area contributed by atoms with Gasteiger partial charge in [-0.05, 0) is 73.0 Å². The molecule has 0 rings (SSSR count). The number of nitrogens with zero attached hydrogens (tertiary/aromatic N) is 2. The Bertz CT molecular complexity index is 1650. The van der Waals surface area contributed by atoms with Crippen LogP contribution in [-0.4, -0.2) is 152 Å². The van der Waals surface area contributed by atoms with Crippen molar-refractivity contribution in [3.63, 3.8) is 0 Å². The van der Waals surface area contributed by atoms with E-state index in [1.54, 1.807) is 0 Å². The summed E-state index contributed by atoms with van der Waals surface area (Å²) in [5, 5.41) is 0. The molecule has 16 heteroatoms. The number of phosphoric acid groups is 2. The van der Waals surface area contributed by atoms with Gasteiger partial charge in [-0.25, -0.2) is 0 Å². The van der Waals surface area contributed by atoms with Crippen molar-refractivity contribution >= 4 is 16.3 Å². The lowest BCUT2D eigenvalue weighted by Gasteiger charge is -2.26. The van der Waals surface area contributed by atoms with Crippen LogP contribution in [0.25, 0.3) is 0 Å². The Hall–Kier alpha value is 0.300. The molecular formula is C88H184N2O12P2+2. The molecule has 0 saturated heterocycles. The first-order valence-corrected chi connectivity index (χ1v) is 47.8. The molecule has 0 aliphatic heterocycles. The molecule has 0 aliphatic carbocycles. The summed E-state index contributed by atoms with van der Waals surface area (Å²) < 4.78 is 47.4. The number of likely N-dealkylation sites (N-methyl/N-ethyl adjacent to an activating group) is 2. The van der Waals surface area contributed by atoms with Crippen LogP contribution in [-0.2, 0) is 37.0 Å². The van der Waals surface area contributed by atoms with E-state index in [2.05, 4.69) is 69.2 Å². The fraction of sp³-hybridized carbons (Fsp3) is 1.00. The quantitative estimate of drug-likeness (QED) is 0.0337.